The monoisotopic (exact) mass is 315 g/mol. The molecule has 23 heavy (non-hydrogen) atoms. The van der Waals surface area contributed by atoms with E-state index in [1.165, 1.54) is 7.11 Å². The molecule has 2 aromatic rings. The molecule has 2 N–H and O–H groups in total. The smallest absolute Gasteiger partial charge is 0.354 e. The first kappa shape index (κ1) is 16.9. The van der Waals surface area contributed by atoms with E-state index in [0.717, 1.165) is 5.56 Å². The first-order valence-electron chi connectivity index (χ1n) is 7.39. The molecule has 2 aromatic heterocycles. The van der Waals surface area contributed by atoms with Gasteiger partial charge >= 0.3 is 5.97 Å². The lowest BCUT2D eigenvalue weighted by atomic mass is 10.0. The zero-order chi connectivity index (χ0) is 17.0. The van der Waals surface area contributed by atoms with Crippen LogP contribution < -0.4 is 5.32 Å². The normalized spacial score (nSPS) is 12.0. The number of pyridine rings is 1. The van der Waals surface area contributed by atoms with Crippen LogP contribution in [0.5, 0.6) is 0 Å². The van der Waals surface area contributed by atoms with E-state index in [9.17, 15) is 9.59 Å². The van der Waals surface area contributed by atoms with Gasteiger partial charge in [-0.2, -0.15) is 0 Å². The third-order valence-corrected chi connectivity index (χ3v) is 3.80. The minimum Gasteiger partial charge on any atom is -0.464 e. The number of esters is 1. The molecule has 0 saturated heterocycles. The van der Waals surface area contributed by atoms with Crippen molar-refractivity contribution in [2.75, 3.05) is 7.11 Å². The van der Waals surface area contributed by atoms with Crippen LogP contribution in [0.25, 0.3) is 0 Å². The molecule has 2 rings (SSSR count). The Kier molecular flexibility index (Phi) is 5.28. The lowest BCUT2D eigenvalue weighted by Crippen LogP contribution is -2.34. The van der Waals surface area contributed by atoms with Gasteiger partial charge in [-0.15, -0.1) is 0 Å². The highest BCUT2D eigenvalue weighted by molar-refractivity contribution is 6.05. The van der Waals surface area contributed by atoms with Gasteiger partial charge in [0.2, 0.25) is 0 Å². The number of aryl methyl sites for hydroxylation is 1. The molecule has 1 atom stereocenters. The van der Waals surface area contributed by atoms with E-state index in [1.54, 1.807) is 26.2 Å². The molecule has 0 fully saturated rings. The number of Topliss-reactive ketones (excluding diaryl/α,β-unsaturated/α-hetero) is 1. The Hall–Kier alpha value is -2.47. The van der Waals surface area contributed by atoms with Gasteiger partial charge in [0.15, 0.2) is 5.78 Å². The van der Waals surface area contributed by atoms with Gasteiger partial charge in [-0.05, 0) is 38.0 Å². The molecule has 0 spiro atoms. The van der Waals surface area contributed by atoms with Crippen LogP contribution >= 0.6 is 0 Å². The molecule has 0 radical (unpaired) electrons. The maximum absolute atomic E-state index is 12.7. The first-order valence-corrected chi connectivity index (χ1v) is 7.39. The average molecular weight is 315 g/mol. The van der Waals surface area contributed by atoms with Crippen LogP contribution in [0.3, 0.4) is 0 Å². The minimum atomic E-state index is -0.472. The van der Waals surface area contributed by atoms with Crippen molar-refractivity contribution in [3.63, 3.8) is 0 Å². The summed E-state index contributed by atoms with van der Waals surface area (Å²) >= 11 is 0. The van der Waals surface area contributed by atoms with Gasteiger partial charge in [0.1, 0.15) is 5.69 Å². The van der Waals surface area contributed by atoms with Crippen LogP contribution in [0, 0.1) is 13.8 Å². The van der Waals surface area contributed by atoms with E-state index in [1.807, 2.05) is 19.1 Å². The quantitative estimate of drug-likeness (QED) is 0.630. The Balaban J connectivity index is 2.13. The highest BCUT2D eigenvalue weighted by Crippen LogP contribution is 2.20. The number of carbonyl (C=O) groups is 2. The molecule has 2 heterocycles. The van der Waals surface area contributed by atoms with Gasteiger partial charge in [0.05, 0.1) is 13.2 Å². The SMILES string of the molecule is COC(=O)c1[nH]c(C)c(C(=O)C(C)NCc2cccnc2)c1C. The number of H-pyrrole nitrogens is 1. The fourth-order valence-corrected chi connectivity index (χ4v) is 2.51. The number of nitrogens with zero attached hydrogens (tertiary/aromatic N) is 1. The number of carbonyl (C=O) groups excluding carboxylic acids is 2. The molecular weight excluding hydrogens is 294 g/mol. The maximum Gasteiger partial charge on any atom is 0.354 e. The van der Waals surface area contributed by atoms with Crippen LogP contribution in [0.15, 0.2) is 24.5 Å². The standard InChI is InChI=1S/C17H21N3O3/c1-10-14(11(2)20-15(10)17(22)23-4)16(21)12(3)19-9-13-6-5-7-18-8-13/h5-8,12,19-20H,9H2,1-4H3. The summed E-state index contributed by atoms with van der Waals surface area (Å²) in [6.07, 6.45) is 3.46. The molecule has 0 aliphatic rings. The van der Waals surface area contributed by atoms with Crippen molar-refractivity contribution in [3.05, 3.63) is 52.6 Å². The molecule has 0 bridgehead atoms. The molecule has 122 valence electrons. The van der Waals surface area contributed by atoms with Crippen LogP contribution in [0.4, 0.5) is 0 Å². The molecule has 0 amide bonds. The summed E-state index contributed by atoms with van der Waals surface area (Å²) in [7, 11) is 1.32. The summed E-state index contributed by atoms with van der Waals surface area (Å²) < 4.78 is 4.73. The number of ketones is 1. The summed E-state index contributed by atoms with van der Waals surface area (Å²) in [5.74, 6) is -0.532. The number of aromatic amines is 1. The summed E-state index contributed by atoms with van der Waals surface area (Å²) in [4.78, 5) is 31.4. The predicted molar refractivity (Wildman–Crippen MR) is 86.5 cm³/mol. The van der Waals surface area contributed by atoms with Gasteiger partial charge in [-0.3, -0.25) is 9.78 Å². The van der Waals surface area contributed by atoms with E-state index in [2.05, 4.69) is 15.3 Å². The molecule has 6 heteroatoms. The van der Waals surface area contributed by atoms with E-state index in [0.29, 0.717) is 29.1 Å². The summed E-state index contributed by atoms with van der Waals surface area (Å²) in [6.45, 7) is 5.88. The van der Waals surface area contributed by atoms with E-state index >= 15 is 0 Å². The predicted octanol–water partition coefficient (Wildman–Crippen LogP) is 2.17. The summed E-state index contributed by atoms with van der Waals surface area (Å²) in [5, 5.41) is 3.18. The number of rotatable bonds is 6. The van der Waals surface area contributed by atoms with Crippen LogP contribution in [-0.4, -0.2) is 34.9 Å². The number of nitrogens with one attached hydrogen (secondary N) is 2. The Morgan fingerprint density at radius 1 is 1.39 bits per heavy atom. The fraction of sp³-hybridized carbons (Fsp3) is 0.353. The number of hydrogen-bond donors (Lipinski definition) is 2. The lowest BCUT2D eigenvalue weighted by molar-refractivity contribution is 0.0594. The van der Waals surface area contributed by atoms with Crippen molar-refractivity contribution in [2.24, 2.45) is 0 Å². The largest absolute Gasteiger partial charge is 0.464 e. The zero-order valence-electron chi connectivity index (χ0n) is 13.8. The topological polar surface area (TPSA) is 84.1 Å². The lowest BCUT2D eigenvalue weighted by Gasteiger charge is -2.13. The van der Waals surface area contributed by atoms with Gasteiger partial charge in [0, 0.05) is 30.2 Å². The van der Waals surface area contributed by atoms with Crippen molar-refractivity contribution >= 4 is 11.8 Å². The van der Waals surface area contributed by atoms with Gasteiger partial charge in [-0.1, -0.05) is 6.07 Å². The van der Waals surface area contributed by atoms with Crippen molar-refractivity contribution in [1.82, 2.24) is 15.3 Å². The van der Waals surface area contributed by atoms with Crippen LogP contribution in [0.1, 0.15) is 44.6 Å². The minimum absolute atomic E-state index is 0.0599. The molecule has 0 aliphatic carbocycles. The maximum atomic E-state index is 12.7. The van der Waals surface area contributed by atoms with Crippen LogP contribution in [0.2, 0.25) is 0 Å². The third kappa shape index (κ3) is 3.65. The Bertz CT molecular complexity index is 707. The van der Waals surface area contributed by atoms with E-state index in [-0.39, 0.29) is 11.8 Å². The van der Waals surface area contributed by atoms with E-state index in [4.69, 9.17) is 4.74 Å². The Morgan fingerprint density at radius 3 is 2.74 bits per heavy atom. The second-order valence-electron chi connectivity index (χ2n) is 5.44. The number of hydrogen-bond acceptors (Lipinski definition) is 5. The van der Waals surface area contributed by atoms with Crippen molar-refractivity contribution in [3.8, 4) is 0 Å². The molecule has 0 aliphatic heterocycles. The van der Waals surface area contributed by atoms with Gasteiger partial charge in [0.25, 0.3) is 0 Å². The number of methoxy groups -OCH3 is 1. The summed E-state index contributed by atoms with van der Waals surface area (Å²) in [6, 6.07) is 3.42. The van der Waals surface area contributed by atoms with Crippen molar-refractivity contribution in [1.29, 1.82) is 0 Å². The first-order chi connectivity index (χ1) is 11.0. The second kappa shape index (κ2) is 7.19. The Labute approximate surface area is 135 Å². The van der Waals surface area contributed by atoms with E-state index < -0.39 is 5.97 Å². The Morgan fingerprint density at radius 2 is 2.13 bits per heavy atom. The molecular formula is C17H21N3O3. The summed E-state index contributed by atoms with van der Waals surface area (Å²) in [5.41, 5.74) is 3.16. The third-order valence-electron chi connectivity index (χ3n) is 3.80. The fourth-order valence-electron chi connectivity index (χ4n) is 2.51. The second-order valence-corrected chi connectivity index (χ2v) is 5.44. The molecule has 6 nitrogen and oxygen atoms in total. The average Bonchev–Trinajstić information content (AvgIpc) is 2.86. The van der Waals surface area contributed by atoms with Crippen molar-refractivity contribution in [2.45, 2.75) is 33.4 Å². The van der Waals surface area contributed by atoms with Crippen LogP contribution in [-0.2, 0) is 11.3 Å². The van der Waals surface area contributed by atoms with Crippen molar-refractivity contribution < 1.29 is 14.3 Å². The highest BCUT2D eigenvalue weighted by Gasteiger charge is 2.25. The molecule has 0 saturated carbocycles. The van der Waals surface area contributed by atoms with Gasteiger partial charge in [-0.25, -0.2) is 4.79 Å². The number of aromatic nitrogens is 2. The molecule has 1 unspecified atom stereocenters. The van der Waals surface area contributed by atoms with Gasteiger partial charge < -0.3 is 15.0 Å². The molecule has 0 aromatic carbocycles. The highest BCUT2D eigenvalue weighted by atomic mass is 16.5. The zero-order valence-corrected chi connectivity index (χ0v) is 13.8. The number of ether oxygens (including phenoxy) is 1.